The van der Waals surface area contributed by atoms with E-state index < -0.39 is 15.8 Å². The molecule has 6 nitrogen and oxygen atoms in total. The molecule has 8 heteroatoms. The lowest BCUT2D eigenvalue weighted by molar-refractivity contribution is -0.139. The molecular formula is C21H30FN3O3S. The molecule has 0 unspecified atom stereocenters. The molecule has 2 aliphatic heterocycles. The predicted molar refractivity (Wildman–Crippen MR) is 108 cm³/mol. The van der Waals surface area contributed by atoms with Crippen LogP contribution in [0.15, 0.2) is 29.2 Å². The molecule has 3 fully saturated rings. The van der Waals surface area contributed by atoms with Crippen LogP contribution in [0.1, 0.15) is 38.5 Å². The number of carbonyl (C=O) groups excluding carboxylic acids is 1. The highest BCUT2D eigenvalue weighted by Crippen LogP contribution is 2.35. The van der Waals surface area contributed by atoms with Crippen molar-refractivity contribution >= 4 is 15.9 Å². The zero-order valence-corrected chi connectivity index (χ0v) is 17.6. The van der Waals surface area contributed by atoms with Crippen molar-refractivity contribution in [3.63, 3.8) is 0 Å². The van der Waals surface area contributed by atoms with Gasteiger partial charge in [-0.25, -0.2) is 12.8 Å². The second-order valence-corrected chi connectivity index (χ2v) is 10.4. The summed E-state index contributed by atoms with van der Waals surface area (Å²) in [5, 5.41) is 0. The van der Waals surface area contributed by atoms with Crippen molar-refractivity contribution in [3.05, 3.63) is 30.1 Å². The van der Waals surface area contributed by atoms with Gasteiger partial charge in [-0.2, -0.15) is 4.31 Å². The number of sulfonamides is 1. The number of rotatable bonds is 4. The van der Waals surface area contributed by atoms with Gasteiger partial charge in [-0.1, -0.05) is 12.8 Å². The van der Waals surface area contributed by atoms with E-state index in [1.54, 1.807) is 0 Å². The zero-order chi connectivity index (χ0) is 20.4. The fourth-order valence-corrected chi connectivity index (χ4v) is 6.52. The molecule has 1 aromatic rings. The second kappa shape index (κ2) is 8.70. The number of halogens is 1. The van der Waals surface area contributed by atoms with Crippen LogP contribution in [0.2, 0.25) is 0 Å². The maximum absolute atomic E-state index is 13.1. The summed E-state index contributed by atoms with van der Waals surface area (Å²) in [5.74, 6) is 0.404. The number of benzene rings is 1. The van der Waals surface area contributed by atoms with E-state index in [0.29, 0.717) is 44.7 Å². The SMILES string of the molecule is O=C(CN1CCN(S(=O)(=O)c2ccc(F)cc2)CC1)N1CCC[C@H]2CCCC[C@@H]21. The van der Waals surface area contributed by atoms with Crippen LogP contribution in [0, 0.1) is 11.7 Å². The lowest BCUT2D eigenvalue weighted by Crippen LogP contribution is -2.55. The third-order valence-corrected chi connectivity index (χ3v) is 8.62. The average Bonchev–Trinajstić information content (AvgIpc) is 2.74. The number of nitrogens with zero attached hydrogens (tertiary/aromatic N) is 3. The van der Waals surface area contributed by atoms with E-state index >= 15 is 0 Å². The molecule has 2 atom stereocenters. The van der Waals surface area contributed by atoms with Gasteiger partial charge in [0.15, 0.2) is 0 Å². The lowest BCUT2D eigenvalue weighted by atomic mass is 9.78. The molecule has 0 radical (unpaired) electrons. The summed E-state index contributed by atoms with van der Waals surface area (Å²) in [6, 6.07) is 5.34. The summed E-state index contributed by atoms with van der Waals surface area (Å²) in [4.78, 5) is 17.2. The van der Waals surface area contributed by atoms with Crippen LogP contribution in [-0.4, -0.2) is 73.7 Å². The Morgan fingerprint density at radius 1 is 0.931 bits per heavy atom. The van der Waals surface area contributed by atoms with Crippen LogP contribution in [0.5, 0.6) is 0 Å². The first-order valence-electron chi connectivity index (χ1n) is 10.7. The average molecular weight is 424 g/mol. The topological polar surface area (TPSA) is 60.9 Å². The minimum atomic E-state index is -3.62. The second-order valence-electron chi connectivity index (χ2n) is 8.48. The molecule has 2 heterocycles. The molecule has 3 aliphatic rings. The predicted octanol–water partition coefficient (Wildman–Crippen LogP) is 2.31. The third-order valence-electron chi connectivity index (χ3n) is 6.71. The molecule has 2 saturated heterocycles. The van der Waals surface area contributed by atoms with E-state index in [2.05, 4.69) is 9.80 Å². The number of piperidine rings is 1. The molecule has 0 spiro atoms. The molecule has 4 rings (SSSR count). The summed E-state index contributed by atoms with van der Waals surface area (Å²) in [6.07, 6.45) is 7.21. The Balaban J connectivity index is 1.32. The highest BCUT2D eigenvalue weighted by molar-refractivity contribution is 7.89. The Kier molecular flexibility index (Phi) is 6.22. The Labute approximate surface area is 172 Å². The Morgan fingerprint density at radius 3 is 2.31 bits per heavy atom. The van der Waals surface area contributed by atoms with Gasteiger partial charge in [0.05, 0.1) is 11.4 Å². The quantitative estimate of drug-likeness (QED) is 0.746. The maximum atomic E-state index is 13.1. The van der Waals surface area contributed by atoms with Crippen molar-refractivity contribution in [1.29, 1.82) is 0 Å². The molecule has 0 N–H and O–H groups in total. The first-order chi connectivity index (χ1) is 13.9. The van der Waals surface area contributed by atoms with E-state index in [-0.39, 0.29) is 10.8 Å². The summed E-state index contributed by atoms with van der Waals surface area (Å²) in [7, 11) is -3.62. The lowest BCUT2D eigenvalue weighted by Gasteiger charge is -2.45. The first kappa shape index (κ1) is 20.8. The smallest absolute Gasteiger partial charge is 0.243 e. The van der Waals surface area contributed by atoms with Crippen LogP contribution >= 0.6 is 0 Å². The fourth-order valence-electron chi connectivity index (χ4n) is 5.10. The summed E-state index contributed by atoms with van der Waals surface area (Å²) in [6.45, 7) is 2.99. The van der Waals surface area contributed by atoms with E-state index in [4.69, 9.17) is 0 Å². The Bertz CT molecular complexity index is 820. The van der Waals surface area contributed by atoms with Gasteiger partial charge in [0.25, 0.3) is 0 Å². The van der Waals surface area contributed by atoms with Gasteiger partial charge in [0, 0.05) is 38.8 Å². The van der Waals surface area contributed by atoms with Crippen molar-refractivity contribution in [2.75, 3.05) is 39.3 Å². The molecule has 1 saturated carbocycles. The Hall–Kier alpha value is -1.51. The monoisotopic (exact) mass is 423 g/mol. The van der Waals surface area contributed by atoms with E-state index in [1.807, 2.05) is 0 Å². The summed E-state index contributed by atoms with van der Waals surface area (Å²) >= 11 is 0. The zero-order valence-electron chi connectivity index (χ0n) is 16.8. The van der Waals surface area contributed by atoms with Crippen molar-refractivity contribution < 1.29 is 17.6 Å². The Morgan fingerprint density at radius 2 is 1.59 bits per heavy atom. The standard InChI is InChI=1S/C21H30FN3O3S/c22-18-7-9-19(10-8-18)29(27,28)24-14-12-23(13-15-24)16-21(26)25-11-3-5-17-4-1-2-6-20(17)25/h7-10,17,20H,1-6,11-16H2/t17-,20+/m1/s1. The molecule has 1 aliphatic carbocycles. The van der Waals surface area contributed by atoms with Crippen molar-refractivity contribution in [2.24, 2.45) is 5.92 Å². The normalized spacial score (nSPS) is 26.9. The van der Waals surface area contributed by atoms with Gasteiger partial charge < -0.3 is 4.90 Å². The summed E-state index contributed by atoms with van der Waals surface area (Å²) < 4.78 is 40.0. The third kappa shape index (κ3) is 4.49. The number of fused-ring (bicyclic) bond motifs is 1. The van der Waals surface area contributed by atoms with Crippen molar-refractivity contribution in [3.8, 4) is 0 Å². The number of piperazine rings is 1. The van der Waals surface area contributed by atoms with Gasteiger partial charge >= 0.3 is 0 Å². The molecule has 0 bridgehead atoms. The van der Waals surface area contributed by atoms with Gasteiger partial charge in [-0.05, 0) is 55.9 Å². The van der Waals surface area contributed by atoms with Gasteiger partial charge in [0.2, 0.25) is 15.9 Å². The van der Waals surface area contributed by atoms with Crippen LogP contribution < -0.4 is 0 Å². The largest absolute Gasteiger partial charge is 0.338 e. The van der Waals surface area contributed by atoms with E-state index in [0.717, 1.165) is 19.4 Å². The molecule has 29 heavy (non-hydrogen) atoms. The first-order valence-corrected chi connectivity index (χ1v) is 12.2. The van der Waals surface area contributed by atoms with Gasteiger partial charge in [-0.3, -0.25) is 9.69 Å². The number of amides is 1. The highest BCUT2D eigenvalue weighted by Gasteiger charge is 2.36. The number of hydrogen-bond acceptors (Lipinski definition) is 4. The number of carbonyl (C=O) groups is 1. The molecule has 0 aromatic heterocycles. The number of hydrogen-bond donors (Lipinski definition) is 0. The van der Waals surface area contributed by atoms with Crippen molar-refractivity contribution in [1.82, 2.24) is 14.1 Å². The van der Waals surface area contributed by atoms with E-state index in [1.165, 1.54) is 54.3 Å². The molecule has 1 aromatic carbocycles. The number of likely N-dealkylation sites (tertiary alicyclic amines) is 1. The van der Waals surface area contributed by atoms with Crippen LogP contribution in [0.4, 0.5) is 4.39 Å². The van der Waals surface area contributed by atoms with Gasteiger partial charge in [0.1, 0.15) is 5.82 Å². The molecule has 160 valence electrons. The fraction of sp³-hybridized carbons (Fsp3) is 0.667. The van der Waals surface area contributed by atoms with E-state index in [9.17, 15) is 17.6 Å². The van der Waals surface area contributed by atoms with Crippen LogP contribution in [0.25, 0.3) is 0 Å². The highest BCUT2D eigenvalue weighted by atomic mass is 32.2. The van der Waals surface area contributed by atoms with Crippen LogP contribution in [0.3, 0.4) is 0 Å². The van der Waals surface area contributed by atoms with Crippen LogP contribution in [-0.2, 0) is 14.8 Å². The maximum Gasteiger partial charge on any atom is 0.243 e. The van der Waals surface area contributed by atoms with Crippen molar-refractivity contribution in [2.45, 2.75) is 49.5 Å². The molecular weight excluding hydrogens is 393 g/mol. The summed E-state index contributed by atoms with van der Waals surface area (Å²) in [5.41, 5.74) is 0. The molecule has 1 amide bonds. The minimum absolute atomic E-state index is 0.111. The minimum Gasteiger partial charge on any atom is -0.338 e. The van der Waals surface area contributed by atoms with Gasteiger partial charge in [-0.15, -0.1) is 0 Å².